The van der Waals surface area contributed by atoms with Gasteiger partial charge in [0.1, 0.15) is 0 Å². The lowest BCUT2D eigenvalue weighted by Gasteiger charge is -2.41. The van der Waals surface area contributed by atoms with E-state index in [1.54, 1.807) is 0 Å². The highest BCUT2D eigenvalue weighted by atomic mass is 32.2. The van der Waals surface area contributed by atoms with Gasteiger partial charge in [0.05, 0.1) is 11.2 Å². The summed E-state index contributed by atoms with van der Waals surface area (Å²) >= 11 is 0. The van der Waals surface area contributed by atoms with Crippen LogP contribution >= 0.6 is 0 Å². The van der Waals surface area contributed by atoms with E-state index in [1.165, 1.54) is 9.87 Å². The van der Waals surface area contributed by atoms with Crippen molar-refractivity contribution >= 4 is 15.9 Å². The molecule has 1 aromatic rings. The third kappa shape index (κ3) is 3.60. The van der Waals surface area contributed by atoms with Crippen LogP contribution in [0.2, 0.25) is 0 Å². The summed E-state index contributed by atoms with van der Waals surface area (Å²) in [6.45, 7) is 2.40. The predicted molar refractivity (Wildman–Crippen MR) is 96.5 cm³/mol. The van der Waals surface area contributed by atoms with E-state index in [0.717, 1.165) is 45.2 Å². The molecular formula is C19H26N2O3S. The Hall–Kier alpha value is -1.40. The van der Waals surface area contributed by atoms with Crippen molar-refractivity contribution in [1.82, 2.24) is 9.21 Å². The lowest BCUT2D eigenvalue weighted by atomic mass is 9.89. The number of sulfonamides is 1. The summed E-state index contributed by atoms with van der Waals surface area (Å²) in [4.78, 5) is 14.6. The highest BCUT2D eigenvalue weighted by Gasteiger charge is 2.47. The number of amides is 1. The van der Waals surface area contributed by atoms with E-state index in [2.05, 4.69) is 24.3 Å². The molecule has 2 aliphatic heterocycles. The largest absolute Gasteiger partial charge is 0.342 e. The van der Waals surface area contributed by atoms with Crippen LogP contribution in [0.4, 0.5) is 0 Å². The molecule has 1 aromatic carbocycles. The lowest BCUT2D eigenvalue weighted by Crippen LogP contribution is -2.57. The van der Waals surface area contributed by atoms with Gasteiger partial charge in [-0.15, -0.1) is 0 Å². The molecular weight excluding hydrogens is 336 g/mol. The Morgan fingerprint density at radius 2 is 1.64 bits per heavy atom. The number of carbonyl (C=O) groups excluding carboxylic acids is 1. The Kier molecular flexibility index (Phi) is 4.58. The molecule has 136 valence electrons. The van der Waals surface area contributed by atoms with Gasteiger partial charge < -0.3 is 4.90 Å². The van der Waals surface area contributed by atoms with Gasteiger partial charge in [0.25, 0.3) is 0 Å². The first-order valence-electron chi connectivity index (χ1n) is 9.35. The van der Waals surface area contributed by atoms with Crippen LogP contribution in [0.5, 0.6) is 0 Å². The van der Waals surface area contributed by atoms with Gasteiger partial charge in [-0.25, -0.2) is 8.42 Å². The molecule has 5 nitrogen and oxygen atoms in total. The maximum absolute atomic E-state index is 12.6. The highest BCUT2D eigenvalue weighted by molar-refractivity contribution is 7.90. The molecule has 0 bridgehead atoms. The zero-order valence-electron chi connectivity index (χ0n) is 14.5. The molecule has 2 saturated heterocycles. The summed E-state index contributed by atoms with van der Waals surface area (Å²) in [6, 6.07) is 10.5. The second kappa shape index (κ2) is 6.72. The third-order valence-electron chi connectivity index (χ3n) is 5.80. The van der Waals surface area contributed by atoms with Crippen molar-refractivity contribution in [3.05, 3.63) is 35.9 Å². The van der Waals surface area contributed by atoms with Crippen LogP contribution in [0.3, 0.4) is 0 Å². The second-order valence-corrected chi connectivity index (χ2v) is 9.93. The first kappa shape index (κ1) is 17.0. The number of benzene rings is 1. The second-order valence-electron chi connectivity index (χ2n) is 7.72. The van der Waals surface area contributed by atoms with Crippen LogP contribution in [0, 0.1) is 11.8 Å². The molecule has 3 aliphatic rings. The van der Waals surface area contributed by atoms with Crippen LogP contribution in [0.15, 0.2) is 30.3 Å². The van der Waals surface area contributed by atoms with E-state index >= 15 is 0 Å². The van der Waals surface area contributed by atoms with Crippen LogP contribution < -0.4 is 0 Å². The van der Waals surface area contributed by atoms with Crippen molar-refractivity contribution in [3.63, 3.8) is 0 Å². The lowest BCUT2D eigenvalue weighted by molar-refractivity contribution is -0.140. The molecule has 25 heavy (non-hydrogen) atoms. The fourth-order valence-electron chi connectivity index (χ4n) is 3.94. The summed E-state index contributed by atoms with van der Waals surface area (Å²) in [6.07, 6.45) is 4.73. The number of hydrogen-bond donors (Lipinski definition) is 0. The summed E-state index contributed by atoms with van der Waals surface area (Å²) in [5.74, 6) is 0.666. The quantitative estimate of drug-likeness (QED) is 0.804. The minimum absolute atomic E-state index is 0.126. The zero-order valence-corrected chi connectivity index (χ0v) is 15.3. The molecule has 0 N–H and O–H groups in total. The molecule has 1 aliphatic carbocycles. The summed E-state index contributed by atoms with van der Waals surface area (Å²) in [7, 11) is -3.11. The predicted octanol–water partition coefficient (Wildman–Crippen LogP) is 1.89. The Bertz CT molecular complexity index is 716. The summed E-state index contributed by atoms with van der Waals surface area (Å²) < 4.78 is 25.8. The van der Waals surface area contributed by atoms with Gasteiger partial charge in [-0.2, -0.15) is 4.31 Å². The van der Waals surface area contributed by atoms with Crippen molar-refractivity contribution in [3.8, 4) is 0 Å². The molecule has 3 fully saturated rings. The van der Waals surface area contributed by atoms with E-state index in [0.29, 0.717) is 19.0 Å². The van der Waals surface area contributed by atoms with Gasteiger partial charge in [-0.3, -0.25) is 4.79 Å². The first-order valence-corrected chi connectivity index (χ1v) is 10.9. The van der Waals surface area contributed by atoms with Crippen molar-refractivity contribution < 1.29 is 13.2 Å². The van der Waals surface area contributed by atoms with Gasteiger partial charge in [0.15, 0.2) is 0 Å². The Balaban J connectivity index is 1.24. The average Bonchev–Trinajstić information content (AvgIpc) is 3.40. The summed E-state index contributed by atoms with van der Waals surface area (Å²) in [5.41, 5.74) is 1.37. The SMILES string of the molecule is O=C(C1CN(S(=O)(=O)C2CC2)C1)N1CCC(Cc2ccccc2)CC1. The number of likely N-dealkylation sites (tertiary alicyclic amines) is 1. The van der Waals surface area contributed by atoms with Gasteiger partial charge in [-0.05, 0) is 43.6 Å². The Morgan fingerprint density at radius 1 is 1.00 bits per heavy atom. The van der Waals surface area contributed by atoms with Crippen LogP contribution in [-0.2, 0) is 21.2 Å². The monoisotopic (exact) mass is 362 g/mol. The zero-order chi connectivity index (χ0) is 17.4. The molecule has 2 heterocycles. The van der Waals surface area contributed by atoms with Gasteiger partial charge >= 0.3 is 0 Å². The van der Waals surface area contributed by atoms with E-state index < -0.39 is 10.0 Å². The topological polar surface area (TPSA) is 57.7 Å². The van der Waals surface area contributed by atoms with Gasteiger partial charge in [-0.1, -0.05) is 30.3 Å². The van der Waals surface area contributed by atoms with Crippen molar-refractivity contribution in [2.75, 3.05) is 26.2 Å². The van der Waals surface area contributed by atoms with E-state index in [-0.39, 0.29) is 17.1 Å². The normalized spacial score (nSPS) is 23.4. The van der Waals surface area contributed by atoms with Gasteiger partial charge in [0.2, 0.25) is 15.9 Å². The average molecular weight is 362 g/mol. The van der Waals surface area contributed by atoms with Crippen molar-refractivity contribution in [2.24, 2.45) is 11.8 Å². The van der Waals surface area contributed by atoms with Crippen molar-refractivity contribution in [1.29, 1.82) is 0 Å². The smallest absolute Gasteiger partial charge is 0.228 e. The standard InChI is InChI=1S/C19H26N2O3S/c22-19(17-13-21(14-17)25(23,24)18-6-7-18)20-10-8-16(9-11-20)12-15-4-2-1-3-5-15/h1-5,16-18H,6-14H2. The highest BCUT2D eigenvalue weighted by Crippen LogP contribution is 2.35. The molecule has 0 atom stereocenters. The van der Waals surface area contributed by atoms with Crippen LogP contribution in [0.25, 0.3) is 0 Å². The Labute approximate surface area is 150 Å². The fourth-order valence-corrected chi connectivity index (χ4v) is 5.87. The first-order chi connectivity index (χ1) is 12.0. The van der Waals surface area contributed by atoms with E-state index in [4.69, 9.17) is 0 Å². The van der Waals surface area contributed by atoms with Crippen LogP contribution in [-0.4, -0.2) is 55.0 Å². The molecule has 0 spiro atoms. The van der Waals surface area contributed by atoms with E-state index in [9.17, 15) is 13.2 Å². The van der Waals surface area contributed by atoms with Gasteiger partial charge in [0, 0.05) is 26.2 Å². The third-order valence-corrected chi connectivity index (χ3v) is 8.13. The number of hydrogen-bond acceptors (Lipinski definition) is 3. The minimum atomic E-state index is -3.11. The summed E-state index contributed by atoms with van der Waals surface area (Å²) in [5, 5.41) is -0.169. The maximum atomic E-state index is 12.6. The number of rotatable bonds is 5. The number of piperidine rings is 1. The molecule has 6 heteroatoms. The number of carbonyl (C=O) groups is 1. The number of nitrogens with zero attached hydrogens (tertiary/aromatic N) is 2. The van der Waals surface area contributed by atoms with Crippen LogP contribution in [0.1, 0.15) is 31.2 Å². The van der Waals surface area contributed by atoms with E-state index in [1.807, 2.05) is 11.0 Å². The molecule has 0 radical (unpaired) electrons. The molecule has 0 unspecified atom stereocenters. The Morgan fingerprint density at radius 3 is 2.24 bits per heavy atom. The minimum Gasteiger partial charge on any atom is -0.342 e. The van der Waals surface area contributed by atoms with Crippen molar-refractivity contribution in [2.45, 2.75) is 37.4 Å². The molecule has 1 amide bonds. The molecule has 0 aromatic heterocycles. The molecule has 1 saturated carbocycles. The fraction of sp³-hybridized carbons (Fsp3) is 0.632. The maximum Gasteiger partial charge on any atom is 0.228 e. The molecule has 4 rings (SSSR count).